The molecule has 2 aliphatic rings. The van der Waals surface area contributed by atoms with Crippen LogP contribution in [0, 0.1) is 11.3 Å². The lowest BCUT2D eigenvalue weighted by Crippen LogP contribution is -2.24. The lowest BCUT2D eigenvalue weighted by molar-refractivity contribution is 0.206. The van der Waals surface area contributed by atoms with Gasteiger partial charge in [-0.05, 0) is 43.4 Å². The van der Waals surface area contributed by atoms with E-state index in [2.05, 4.69) is 19.9 Å². The smallest absolute Gasteiger partial charge is 0.0257 e. The summed E-state index contributed by atoms with van der Waals surface area (Å²) in [7, 11) is 0. The SMILES string of the molecule is CC(C)C1=CCCC2(CCCCCC2)C1. The summed E-state index contributed by atoms with van der Waals surface area (Å²) in [6, 6.07) is 0. The number of allylic oxidation sites excluding steroid dienone is 2. The molecule has 0 aromatic heterocycles. The molecule has 2 aliphatic carbocycles. The van der Waals surface area contributed by atoms with Crippen LogP contribution < -0.4 is 0 Å². The van der Waals surface area contributed by atoms with Crippen molar-refractivity contribution in [2.75, 3.05) is 0 Å². The van der Waals surface area contributed by atoms with Gasteiger partial charge in [-0.25, -0.2) is 0 Å². The molecule has 0 saturated heterocycles. The van der Waals surface area contributed by atoms with Gasteiger partial charge in [-0.2, -0.15) is 0 Å². The van der Waals surface area contributed by atoms with Gasteiger partial charge in [0.2, 0.25) is 0 Å². The van der Waals surface area contributed by atoms with Crippen LogP contribution in [0.2, 0.25) is 0 Å². The summed E-state index contributed by atoms with van der Waals surface area (Å²) in [5, 5.41) is 0. The van der Waals surface area contributed by atoms with E-state index >= 15 is 0 Å². The van der Waals surface area contributed by atoms with Crippen LogP contribution in [0.25, 0.3) is 0 Å². The summed E-state index contributed by atoms with van der Waals surface area (Å²) in [6.45, 7) is 4.73. The van der Waals surface area contributed by atoms with Crippen molar-refractivity contribution in [3.8, 4) is 0 Å². The maximum atomic E-state index is 2.53. The second-order valence-corrected chi connectivity index (χ2v) is 6.06. The fourth-order valence-electron chi connectivity index (χ4n) is 3.50. The molecule has 1 spiro atoms. The number of hydrogen-bond acceptors (Lipinski definition) is 0. The van der Waals surface area contributed by atoms with Gasteiger partial charge in [-0.1, -0.05) is 51.2 Å². The lowest BCUT2D eigenvalue weighted by Gasteiger charge is -2.38. The molecule has 86 valence electrons. The Balaban J connectivity index is 2.06. The van der Waals surface area contributed by atoms with Crippen molar-refractivity contribution in [1.29, 1.82) is 0 Å². The molecule has 1 fully saturated rings. The van der Waals surface area contributed by atoms with Crippen molar-refractivity contribution >= 4 is 0 Å². The summed E-state index contributed by atoms with van der Waals surface area (Å²) in [6.07, 6.45) is 15.8. The van der Waals surface area contributed by atoms with Gasteiger partial charge in [0.15, 0.2) is 0 Å². The third kappa shape index (κ3) is 2.65. The van der Waals surface area contributed by atoms with Crippen LogP contribution in [-0.4, -0.2) is 0 Å². The first-order valence-corrected chi connectivity index (χ1v) is 6.91. The van der Waals surface area contributed by atoms with Crippen LogP contribution >= 0.6 is 0 Å². The Morgan fingerprint density at radius 1 is 1.00 bits per heavy atom. The topological polar surface area (TPSA) is 0 Å². The summed E-state index contributed by atoms with van der Waals surface area (Å²) in [5.74, 6) is 0.783. The second kappa shape index (κ2) is 4.72. The van der Waals surface area contributed by atoms with Gasteiger partial charge < -0.3 is 0 Å². The monoisotopic (exact) mass is 206 g/mol. The predicted molar refractivity (Wildman–Crippen MR) is 66.9 cm³/mol. The molecule has 0 aromatic carbocycles. The molecule has 2 rings (SSSR count). The second-order valence-electron chi connectivity index (χ2n) is 6.06. The highest BCUT2D eigenvalue weighted by atomic mass is 14.4. The molecule has 0 aliphatic heterocycles. The van der Waals surface area contributed by atoms with E-state index < -0.39 is 0 Å². The van der Waals surface area contributed by atoms with E-state index in [4.69, 9.17) is 0 Å². The zero-order valence-electron chi connectivity index (χ0n) is 10.5. The van der Waals surface area contributed by atoms with E-state index in [1.165, 1.54) is 57.8 Å². The van der Waals surface area contributed by atoms with Gasteiger partial charge in [-0.15, -0.1) is 0 Å². The van der Waals surface area contributed by atoms with Crippen molar-refractivity contribution in [2.45, 2.75) is 71.6 Å². The number of rotatable bonds is 1. The Morgan fingerprint density at radius 3 is 2.27 bits per heavy atom. The molecule has 1 saturated carbocycles. The Kier molecular flexibility index (Phi) is 3.53. The van der Waals surface area contributed by atoms with Gasteiger partial charge in [0.1, 0.15) is 0 Å². The first-order chi connectivity index (χ1) is 7.22. The molecule has 0 unspecified atom stereocenters. The van der Waals surface area contributed by atoms with E-state index in [-0.39, 0.29) is 0 Å². The molecule has 0 amide bonds. The quantitative estimate of drug-likeness (QED) is 0.524. The molecule has 0 heterocycles. The van der Waals surface area contributed by atoms with E-state index in [1.54, 1.807) is 5.57 Å². The Hall–Kier alpha value is -0.260. The van der Waals surface area contributed by atoms with Crippen LogP contribution in [-0.2, 0) is 0 Å². The molecule has 0 atom stereocenters. The van der Waals surface area contributed by atoms with Gasteiger partial charge in [0.05, 0.1) is 0 Å². The zero-order valence-corrected chi connectivity index (χ0v) is 10.5. The van der Waals surface area contributed by atoms with Crippen molar-refractivity contribution in [1.82, 2.24) is 0 Å². The van der Waals surface area contributed by atoms with Crippen molar-refractivity contribution in [2.24, 2.45) is 11.3 Å². The fraction of sp³-hybridized carbons (Fsp3) is 0.867. The molecule has 0 radical (unpaired) electrons. The van der Waals surface area contributed by atoms with Crippen LogP contribution in [0.15, 0.2) is 11.6 Å². The predicted octanol–water partition coefficient (Wildman–Crippen LogP) is 5.09. The molecular weight excluding hydrogens is 180 g/mol. The average molecular weight is 206 g/mol. The van der Waals surface area contributed by atoms with Crippen LogP contribution in [0.1, 0.15) is 71.6 Å². The van der Waals surface area contributed by atoms with Gasteiger partial charge in [-0.3, -0.25) is 0 Å². The largest absolute Gasteiger partial charge is 0.0850 e. The third-order valence-electron chi connectivity index (χ3n) is 4.57. The highest BCUT2D eigenvalue weighted by Crippen LogP contribution is 2.47. The summed E-state index contributed by atoms with van der Waals surface area (Å²) in [5.41, 5.74) is 2.48. The van der Waals surface area contributed by atoms with Gasteiger partial charge in [0, 0.05) is 0 Å². The summed E-state index contributed by atoms with van der Waals surface area (Å²) >= 11 is 0. The molecule has 15 heavy (non-hydrogen) atoms. The first-order valence-electron chi connectivity index (χ1n) is 6.91. The fourth-order valence-corrected chi connectivity index (χ4v) is 3.50. The first kappa shape index (κ1) is 11.2. The Bertz CT molecular complexity index is 226. The van der Waals surface area contributed by atoms with E-state index in [0.717, 1.165) is 11.3 Å². The lowest BCUT2D eigenvalue weighted by atomic mass is 9.67. The van der Waals surface area contributed by atoms with Crippen molar-refractivity contribution in [3.05, 3.63) is 11.6 Å². The summed E-state index contributed by atoms with van der Waals surface area (Å²) < 4.78 is 0. The van der Waals surface area contributed by atoms with Gasteiger partial charge >= 0.3 is 0 Å². The minimum absolute atomic E-state index is 0.727. The standard InChI is InChI=1S/C15H26/c1-13(2)14-8-7-11-15(12-14)9-5-3-4-6-10-15/h8,13H,3-7,9-12H2,1-2H3. The van der Waals surface area contributed by atoms with E-state index in [9.17, 15) is 0 Å². The molecule has 0 nitrogen and oxygen atoms in total. The molecule has 0 aromatic rings. The molecular formula is C15H26. The average Bonchev–Trinajstić information content (AvgIpc) is 2.44. The van der Waals surface area contributed by atoms with Crippen LogP contribution in [0.3, 0.4) is 0 Å². The van der Waals surface area contributed by atoms with E-state index in [0.29, 0.717) is 0 Å². The number of hydrogen-bond donors (Lipinski definition) is 0. The molecule has 0 bridgehead atoms. The third-order valence-corrected chi connectivity index (χ3v) is 4.57. The highest BCUT2D eigenvalue weighted by molar-refractivity contribution is 5.12. The Morgan fingerprint density at radius 2 is 1.67 bits per heavy atom. The van der Waals surface area contributed by atoms with Crippen LogP contribution in [0.5, 0.6) is 0 Å². The summed E-state index contributed by atoms with van der Waals surface area (Å²) in [4.78, 5) is 0. The van der Waals surface area contributed by atoms with Gasteiger partial charge in [0.25, 0.3) is 0 Å². The van der Waals surface area contributed by atoms with Crippen molar-refractivity contribution in [3.63, 3.8) is 0 Å². The van der Waals surface area contributed by atoms with E-state index in [1.807, 2.05) is 0 Å². The molecule has 0 heteroatoms. The zero-order chi connectivity index (χ0) is 10.7. The maximum Gasteiger partial charge on any atom is -0.0257 e. The Labute approximate surface area is 95.1 Å². The van der Waals surface area contributed by atoms with Crippen molar-refractivity contribution < 1.29 is 0 Å². The normalized spacial score (nSPS) is 26.5. The van der Waals surface area contributed by atoms with Crippen LogP contribution in [0.4, 0.5) is 0 Å². The minimum atomic E-state index is 0.727. The molecule has 0 N–H and O–H groups in total. The highest BCUT2D eigenvalue weighted by Gasteiger charge is 2.33. The maximum absolute atomic E-state index is 2.53. The minimum Gasteiger partial charge on any atom is -0.0850 e.